The molecule has 0 N–H and O–H groups in total. The van der Waals surface area contributed by atoms with Crippen LogP contribution >= 0.6 is 0 Å². The van der Waals surface area contributed by atoms with Gasteiger partial charge in [0, 0.05) is 49.0 Å². The second kappa shape index (κ2) is 7.42. The van der Waals surface area contributed by atoms with Crippen LogP contribution in [0.15, 0.2) is 24.5 Å². The number of amides is 1. The first-order valence-corrected chi connectivity index (χ1v) is 9.85. The molecule has 3 aliphatic rings. The molecule has 136 valence electrons. The minimum absolute atomic E-state index is 0.135. The topological polar surface area (TPSA) is 45.7 Å². The predicted molar refractivity (Wildman–Crippen MR) is 96.0 cm³/mol. The number of hydrogen-bond donors (Lipinski definition) is 0. The zero-order valence-electron chi connectivity index (χ0n) is 15.0. The monoisotopic (exact) mass is 343 g/mol. The Kier molecular flexibility index (Phi) is 5.04. The molecule has 0 bridgehead atoms. The Labute approximate surface area is 150 Å². The summed E-state index contributed by atoms with van der Waals surface area (Å²) in [5, 5.41) is 2.26. The quantitative estimate of drug-likeness (QED) is 0.827. The summed E-state index contributed by atoms with van der Waals surface area (Å²) in [6.07, 6.45) is 13.4. The summed E-state index contributed by atoms with van der Waals surface area (Å²) >= 11 is 0. The van der Waals surface area contributed by atoms with E-state index < -0.39 is 0 Å². The van der Waals surface area contributed by atoms with Crippen LogP contribution in [0.2, 0.25) is 0 Å². The zero-order chi connectivity index (χ0) is 17.1. The number of pyridine rings is 1. The summed E-state index contributed by atoms with van der Waals surface area (Å²) in [6.45, 7) is 3.47. The predicted octanol–water partition coefficient (Wildman–Crippen LogP) is 3.27. The molecular weight excluding hydrogens is 314 g/mol. The molecule has 1 atom stereocenters. The van der Waals surface area contributed by atoms with Crippen molar-refractivity contribution in [2.24, 2.45) is 5.41 Å². The van der Waals surface area contributed by atoms with E-state index in [0.717, 1.165) is 44.6 Å². The highest BCUT2D eigenvalue weighted by Crippen LogP contribution is 2.39. The fourth-order valence-electron chi connectivity index (χ4n) is 4.74. The maximum atomic E-state index is 12.8. The molecule has 1 spiro atoms. The van der Waals surface area contributed by atoms with E-state index >= 15 is 0 Å². The van der Waals surface area contributed by atoms with Gasteiger partial charge in [0.15, 0.2) is 0 Å². The Morgan fingerprint density at radius 3 is 2.60 bits per heavy atom. The summed E-state index contributed by atoms with van der Waals surface area (Å²) in [5.41, 5.74) is 0.888. The number of nitrogens with zero attached hydrogens (tertiary/aromatic N) is 3. The first kappa shape index (κ1) is 17.0. The number of carbonyl (C=O) groups excluding carboxylic acids is 1. The van der Waals surface area contributed by atoms with Crippen LogP contribution in [0.1, 0.15) is 61.7 Å². The SMILES string of the molecule is O=C(c1ccncc1)N1CCCC2(CCN(C3CCCCC3)OC2)C1. The van der Waals surface area contributed by atoms with E-state index in [1.54, 1.807) is 12.4 Å². The molecule has 0 aromatic carbocycles. The third kappa shape index (κ3) is 3.72. The van der Waals surface area contributed by atoms with Gasteiger partial charge in [0.1, 0.15) is 0 Å². The number of rotatable bonds is 2. The van der Waals surface area contributed by atoms with Crippen molar-refractivity contribution in [2.45, 2.75) is 57.4 Å². The molecule has 2 saturated heterocycles. The van der Waals surface area contributed by atoms with E-state index in [0.29, 0.717) is 6.04 Å². The van der Waals surface area contributed by atoms with Gasteiger partial charge < -0.3 is 4.90 Å². The molecule has 1 aromatic heterocycles. The number of piperidine rings is 1. The van der Waals surface area contributed by atoms with E-state index in [2.05, 4.69) is 10.0 Å². The smallest absolute Gasteiger partial charge is 0.253 e. The van der Waals surface area contributed by atoms with Crippen molar-refractivity contribution in [2.75, 3.05) is 26.2 Å². The van der Waals surface area contributed by atoms with Crippen LogP contribution in [0.5, 0.6) is 0 Å². The van der Waals surface area contributed by atoms with Crippen LogP contribution in [-0.4, -0.2) is 53.1 Å². The Morgan fingerprint density at radius 2 is 1.88 bits per heavy atom. The van der Waals surface area contributed by atoms with E-state index in [4.69, 9.17) is 4.84 Å². The fourth-order valence-corrected chi connectivity index (χ4v) is 4.74. The van der Waals surface area contributed by atoms with Crippen molar-refractivity contribution in [3.8, 4) is 0 Å². The maximum Gasteiger partial charge on any atom is 0.253 e. The number of aromatic nitrogens is 1. The summed E-state index contributed by atoms with van der Waals surface area (Å²) in [5.74, 6) is 0.135. The van der Waals surface area contributed by atoms with Crippen molar-refractivity contribution < 1.29 is 9.63 Å². The van der Waals surface area contributed by atoms with Crippen LogP contribution in [-0.2, 0) is 4.84 Å². The van der Waals surface area contributed by atoms with E-state index in [1.807, 2.05) is 17.0 Å². The van der Waals surface area contributed by atoms with Gasteiger partial charge in [-0.05, 0) is 44.2 Å². The molecule has 0 radical (unpaired) electrons. The van der Waals surface area contributed by atoms with E-state index in [9.17, 15) is 4.79 Å². The lowest BCUT2D eigenvalue weighted by atomic mass is 9.76. The first-order chi connectivity index (χ1) is 12.3. The standard InChI is InChI=1S/C20H29N3O2/c24-19(17-7-11-21-12-8-17)22-13-4-9-20(15-22)10-14-23(25-16-20)18-5-2-1-3-6-18/h7-8,11-12,18H,1-6,9-10,13-16H2. The second-order valence-corrected chi connectivity index (χ2v) is 8.02. The van der Waals surface area contributed by atoms with Gasteiger partial charge in [-0.15, -0.1) is 0 Å². The number of hydroxylamine groups is 2. The van der Waals surface area contributed by atoms with E-state index in [1.165, 1.54) is 38.5 Å². The van der Waals surface area contributed by atoms with Crippen molar-refractivity contribution in [1.29, 1.82) is 0 Å². The van der Waals surface area contributed by atoms with Gasteiger partial charge in [0.05, 0.1) is 6.61 Å². The average molecular weight is 343 g/mol. The molecule has 4 rings (SSSR count). The highest BCUT2D eigenvalue weighted by atomic mass is 16.7. The van der Waals surface area contributed by atoms with Gasteiger partial charge in [-0.3, -0.25) is 14.6 Å². The number of carbonyl (C=O) groups is 1. The normalized spacial score (nSPS) is 29.0. The summed E-state index contributed by atoms with van der Waals surface area (Å²) in [6, 6.07) is 4.24. The molecule has 1 unspecified atom stereocenters. The van der Waals surface area contributed by atoms with Crippen LogP contribution in [0, 0.1) is 5.41 Å². The summed E-state index contributed by atoms with van der Waals surface area (Å²) in [7, 11) is 0. The Hall–Kier alpha value is -1.46. The molecule has 5 nitrogen and oxygen atoms in total. The van der Waals surface area contributed by atoms with Crippen molar-refractivity contribution in [3.63, 3.8) is 0 Å². The van der Waals surface area contributed by atoms with Crippen LogP contribution in [0.25, 0.3) is 0 Å². The average Bonchev–Trinajstić information content (AvgIpc) is 2.69. The molecule has 1 saturated carbocycles. The fraction of sp³-hybridized carbons (Fsp3) is 0.700. The molecule has 1 aliphatic carbocycles. The highest BCUT2D eigenvalue weighted by molar-refractivity contribution is 5.94. The summed E-state index contributed by atoms with van der Waals surface area (Å²) < 4.78 is 0. The third-order valence-corrected chi connectivity index (χ3v) is 6.26. The van der Waals surface area contributed by atoms with Crippen molar-refractivity contribution in [1.82, 2.24) is 14.9 Å². The zero-order valence-corrected chi connectivity index (χ0v) is 15.0. The third-order valence-electron chi connectivity index (χ3n) is 6.26. The lowest BCUT2D eigenvalue weighted by Gasteiger charge is -2.48. The minimum atomic E-state index is 0.135. The molecule has 3 heterocycles. The molecule has 1 amide bonds. The maximum absolute atomic E-state index is 12.8. The van der Waals surface area contributed by atoms with Crippen molar-refractivity contribution in [3.05, 3.63) is 30.1 Å². The Balaban J connectivity index is 1.37. The van der Waals surface area contributed by atoms with Crippen LogP contribution < -0.4 is 0 Å². The molecule has 5 heteroatoms. The number of hydrogen-bond acceptors (Lipinski definition) is 4. The largest absolute Gasteiger partial charge is 0.338 e. The first-order valence-electron chi connectivity index (χ1n) is 9.85. The molecular formula is C20H29N3O2. The van der Waals surface area contributed by atoms with E-state index in [-0.39, 0.29) is 11.3 Å². The van der Waals surface area contributed by atoms with Gasteiger partial charge in [-0.25, -0.2) is 0 Å². The second-order valence-electron chi connectivity index (χ2n) is 8.02. The lowest BCUT2D eigenvalue weighted by Crippen LogP contribution is -2.54. The van der Waals surface area contributed by atoms with Gasteiger partial charge in [0.2, 0.25) is 0 Å². The molecule has 25 heavy (non-hydrogen) atoms. The van der Waals surface area contributed by atoms with Gasteiger partial charge in [-0.1, -0.05) is 19.3 Å². The van der Waals surface area contributed by atoms with Crippen LogP contribution in [0.3, 0.4) is 0 Å². The summed E-state index contributed by atoms with van der Waals surface area (Å²) in [4.78, 5) is 25.1. The lowest BCUT2D eigenvalue weighted by molar-refractivity contribution is -0.250. The Morgan fingerprint density at radius 1 is 1.08 bits per heavy atom. The van der Waals surface area contributed by atoms with Gasteiger partial charge in [-0.2, -0.15) is 5.06 Å². The molecule has 1 aromatic rings. The molecule has 3 fully saturated rings. The molecule has 2 aliphatic heterocycles. The van der Waals surface area contributed by atoms with Gasteiger partial charge in [0.25, 0.3) is 5.91 Å². The minimum Gasteiger partial charge on any atom is -0.338 e. The van der Waals surface area contributed by atoms with Crippen molar-refractivity contribution >= 4 is 5.91 Å². The van der Waals surface area contributed by atoms with Gasteiger partial charge >= 0.3 is 0 Å². The number of likely N-dealkylation sites (tertiary alicyclic amines) is 1. The Bertz CT molecular complexity index is 578. The highest BCUT2D eigenvalue weighted by Gasteiger charge is 2.42. The van der Waals surface area contributed by atoms with Crippen LogP contribution in [0.4, 0.5) is 0 Å².